The van der Waals surface area contributed by atoms with E-state index in [1.165, 1.54) is 46.8 Å². The molecule has 0 bridgehead atoms. The van der Waals surface area contributed by atoms with Gasteiger partial charge in [-0.25, -0.2) is 0 Å². The Morgan fingerprint density at radius 1 is 0.727 bits per heavy atom. The summed E-state index contributed by atoms with van der Waals surface area (Å²) < 4.78 is 7.13. The van der Waals surface area contributed by atoms with E-state index in [-0.39, 0.29) is 0 Å². The van der Waals surface area contributed by atoms with E-state index in [1.54, 1.807) is 0 Å². The monoisotopic (exact) mass is 409 g/mol. The molecule has 2 rings (SSSR count). The predicted octanol–water partition coefficient (Wildman–Crippen LogP) is 2.55. The SMILES string of the molecule is CCCCCCCCOc1ccc(-c2ccc([IH+])cc2)cc1. The molecule has 0 aliphatic carbocycles. The van der Waals surface area contributed by atoms with E-state index >= 15 is 0 Å². The summed E-state index contributed by atoms with van der Waals surface area (Å²) >= 11 is 2.04. The Morgan fingerprint density at radius 2 is 1.27 bits per heavy atom. The first-order chi connectivity index (χ1) is 10.8. The van der Waals surface area contributed by atoms with Crippen LogP contribution in [0.15, 0.2) is 48.5 Å². The Labute approximate surface area is 148 Å². The average Bonchev–Trinajstić information content (AvgIpc) is 2.55. The lowest BCUT2D eigenvalue weighted by atomic mass is 10.1. The Kier molecular flexibility index (Phi) is 7.78. The molecule has 0 aliphatic heterocycles. The van der Waals surface area contributed by atoms with Gasteiger partial charge in [-0.3, -0.25) is 0 Å². The normalized spacial score (nSPS) is 10.6. The lowest BCUT2D eigenvalue weighted by molar-refractivity contribution is -0.328. The molecule has 2 aromatic carbocycles. The first-order valence-electron chi connectivity index (χ1n) is 8.30. The van der Waals surface area contributed by atoms with Gasteiger partial charge < -0.3 is 4.74 Å². The summed E-state index contributed by atoms with van der Waals surface area (Å²) in [5.74, 6) is 0.977. The molecule has 2 aromatic rings. The molecule has 2 heteroatoms. The fourth-order valence-electron chi connectivity index (χ4n) is 2.46. The summed E-state index contributed by atoms with van der Waals surface area (Å²) in [6.45, 7) is 3.08. The number of benzene rings is 2. The maximum atomic E-state index is 5.82. The highest BCUT2D eigenvalue weighted by molar-refractivity contribution is 5.63. The number of hydrogen-bond acceptors (Lipinski definition) is 1. The molecule has 118 valence electrons. The summed E-state index contributed by atoms with van der Waals surface area (Å²) in [7, 11) is 0. The summed E-state index contributed by atoms with van der Waals surface area (Å²) in [5.41, 5.74) is 2.50. The van der Waals surface area contributed by atoms with Gasteiger partial charge in [-0.15, -0.1) is 0 Å². The van der Waals surface area contributed by atoms with Crippen LogP contribution in [-0.2, 0) is 0 Å². The van der Waals surface area contributed by atoms with Crippen LogP contribution in [0.5, 0.6) is 5.75 Å². The molecule has 0 fully saturated rings. The molecule has 0 amide bonds. The molecule has 0 unspecified atom stereocenters. The molecule has 0 aliphatic rings. The minimum Gasteiger partial charge on any atom is -0.494 e. The molecular formula is C20H26IO+. The van der Waals surface area contributed by atoms with Gasteiger partial charge in [0.15, 0.2) is 3.57 Å². The third-order valence-electron chi connectivity index (χ3n) is 3.81. The van der Waals surface area contributed by atoms with Gasteiger partial charge in [0.1, 0.15) is 5.75 Å². The van der Waals surface area contributed by atoms with Crippen molar-refractivity contribution in [1.29, 1.82) is 0 Å². The van der Waals surface area contributed by atoms with Gasteiger partial charge in [-0.05, 0) is 53.9 Å². The number of halogens is 1. The van der Waals surface area contributed by atoms with E-state index in [9.17, 15) is 0 Å². The van der Waals surface area contributed by atoms with Gasteiger partial charge in [0.05, 0.1) is 6.61 Å². The van der Waals surface area contributed by atoms with Crippen LogP contribution in [0.1, 0.15) is 45.4 Å². The lowest BCUT2D eigenvalue weighted by Crippen LogP contribution is -3.34. The fourth-order valence-corrected chi connectivity index (χ4v) is 2.85. The third kappa shape index (κ3) is 5.99. The van der Waals surface area contributed by atoms with Crippen LogP contribution in [0.3, 0.4) is 0 Å². The summed E-state index contributed by atoms with van der Waals surface area (Å²) in [6, 6.07) is 17.1. The highest BCUT2D eigenvalue weighted by Gasteiger charge is 2.01. The van der Waals surface area contributed by atoms with Gasteiger partial charge >= 0.3 is 0 Å². The highest BCUT2D eigenvalue weighted by Crippen LogP contribution is 2.22. The van der Waals surface area contributed by atoms with Crippen LogP contribution in [-0.4, -0.2) is 6.61 Å². The van der Waals surface area contributed by atoms with Crippen molar-refractivity contribution in [3.05, 3.63) is 52.1 Å². The zero-order valence-electron chi connectivity index (χ0n) is 13.4. The molecule has 0 saturated heterocycles. The van der Waals surface area contributed by atoms with Crippen molar-refractivity contribution < 1.29 is 27.3 Å². The molecule has 0 radical (unpaired) electrons. The van der Waals surface area contributed by atoms with Crippen molar-refractivity contribution in [1.82, 2.24) is 0 Å². The van der Waals surface area contributed by atoms with E-state index in [0.717, 1.165) is 18.8 Å². The molecule has 0 atom stereocenters. The van der Waals surface area contributed by atoms with E-state index in [4.69, 9.17) is 4.74 Å². The van der Waals surface area contributed by atoms with Crippen molar-refractivity contribution in [3.8, 4) is 16.9 Å². The Bertz CT molecular complexity index is 531. The van der Waals surface area contributed by atoms with Crippen LogP contribution in [0, 0.1) is 3.57 Å². The fraction of sp³-hybridized carbons (Fsp3) is 0.400. The second-order valence-corrected chi connectivity index (χ2v) is 7.01. The third-order valence-corrected chi connectivity index (χ3v) is 4.59. The minimum absolute atomic E-state index is 0.830. The minimum atomic E-state index is 0.830. The summed E-state index contributed by atoms with van der Waals surface area (Å²) in [6.07, 6.45) is 7.81. The highest BCUT2D eigenvalue weighted by atomic mass is 127. The van der Waals surface area contributed by atoms with Crippen molar-refractivity contribution in [2.45, 2.75) is 45.4 Å². The van der Waals surface area contributed by atoms with Crippen LogP contribution >= 0.6 is 0 Å². The van der Waals surface area contributed by atoms with Gasteiger partial charge in [0, 0.05) is 0 Å². The van der Waals surface area contributed by atoms with E-state index < -0.39 is 0 Å². The quantitative estimate of drug-likeness (QED) is 0.457. The molecule has 0 aromatic heterocycles. The van der Waals surface area contributed by atoms with Gasteiger partial charge in [-0.2, -0.15) is 0 Å². The van der Waals surface area contributed by atoms with E-state index in [0.29, 0.717) is 0 Å². The molecular weight excluding hydrogens is 383 g/mol. The first-order valence-corrected chi connectivity index (χ1v) is 9.46. The molecule has 0 heterocycles. The second-order valence-electron chi connectivity index (χ2n) is 5.66. The van der Waals surface area contributed by atoms with Crippen molar-refractivity contribution in [2.24, 2.45) is 0 Å². The lowest BCUT2D eigenvalue weighted by Gasteiger charge is -2.07. The summed E-state index contributed by atoms with van der Waals surface area (Å²) in [4.78, 5) is 0. The van der Waals surface area contributed by atoms with Crippen molar-refractivity contribution in [2.75, 3.05) is 6.61 Å². The number of ether oxygens (including phenoxy) is 1. The van der Waals surface area contributed by atoms with Crippen LogP contribution < -0.4 is 27.3 Å². The Morgan fingerprint density at radius 3 is 1.91 bits per heavy atom. The van der Waals surface area contributed by atoms with Gasteiger partial charge in [0.25, 0.3) is 22.6 Å². The standard InChI is InChI=1S/C20H26IO/c1-2-3-4-5-6-7-16-22-20-14-10-18(11-15-20)17-8-12-19(21)13-9-17/h8-15,21H,2-7,16H2,1H3/q+1. The molecule has 1 nitrogen and oxygen atoms in total. The number of rotatable bonds is 9. The largest absolute Gasteiger partial charge is 0.494 e. The van der Waals surface area contributed by atoms with Crippen LogP contribution in [0.25, 0.3) is 11.1 Å². The predicted molar refractivity (Wildman–Crippen MR) is 90.8 cm³/mol. The van der Waals surface area contributed by atoms with E-state index in [2.05, 4.69) is 55.5 Å². The maximum absolute atomic E-state index is 5.82. The van der Waals surface area contributed by atoms with Crippen molar-refractivity contribution in [3.63, 3.8) is 0 Å². The van der Waals surface area contributed by atoms with Gasteiger partial charge in [0.2, 0.25) is 0 Å². The average molecular weight is 409 g/mol. The Hall–Kier alpha value is -1.03. The zero-order valence-corrected chi connectivity index (χ0v) is 15.7. The van der Waals surface area contributed by atoms with Crippen molar-refractivity contribution >= 4 is 0 Å². The second kappa shape index (κ2) is 9.88. The van der Waals surface area contributed by atoms with E-state index in [1.807, 2.05) is 22.6 Å². The number of hydrogen-bond donors (Lipinski definition) is 0. The molecule has 0 saturated carbocycles. The van der Waals surface area contributed by atoms with Gasteiger partial charge in [-0.1, -0.05) is 51.2 Å². The Balaban J connectivity index is 1.74. The smallest absolute Gasteiger partial charge is 0.296 e. The first kappa shape index (κ1) is 17.3. The topological polar surface area (TPSA) is 9.23 Å². The number of unbranched alkanes of at least 4 members (excludes halogenated alkanes) is 5. The summed E-state index contributed by atoms with van der Waals surface area (Å²) in [5, 5.41) is 0. The maximum Gasteiger partial charge on any atom is 0.296 e. The molecule has 22 heavy (non-hydrogen) atoms. The molecule has 0 N–H and O–H groups in total. The van der Waals surface area contributed by atoms with Crippen LogP contribution in [0.2, 0.25) is 0 Å². The van der Waals surface area contributed by atoms with Crippen LogP contribution in [0.4, 0.5) is 0 Å². The zero-order chi connectivity index (χ0) is 15.6. The molecule has 0 spiro atoms.